The molecule has 0 aromatic heterocycles. The first-order valence-corrected chi connectivity index (χ1v) is 4.96. The van der Waals surface area contributed by atoms with E-state index in [4.69, 9.17) is 21.1 Å². The van der Waals surface area contributed by atoms with Crippen LogP contribution in [0.25, 0.3) is 0 Å². The van der Waals surface area contributed by atoms with Crippen LogP contribution in [-0.2, 0) is 19.2 Å². The molecule has 0 bridgehead atoms. The number of aliphatic carboxylic acids is 2. The number of carboxylic acid groups (broad SMARTS) is 2. The van der Waals surface area contributed by atoms with E-state index in [0.29, 0.717) is 0 Å². The van der Waals surface area contributed by atoms with Gasteiger partial charge in [0.15, 0.2) is 5.78 Å². The lowest BCUT2D eigenvalue weighted by Crippen LogP contribution is -2.30. The SMILES string of the molecule is CC(=O)C(N)CC(=O)O.CC(=O)C(O)CC(=O)O. The van der Waals surface area contributed by atoms with Crippen LogP contribution in [0.15, 0.2) is 0 Å². The summed E-state index contributed by atoms with van der Waals surface area (Å²) in [6.45, 7) is 2.42. The van der Waals surface area contributed by atoms with Crippen molar-refractivity contribution >= 4 is 23.5 Å². The van der Waals surface area contributed by atoms with Gasteiger partial charge in [0.2, 0.25) is 0 Å². The van der Waals surface area contributed by atoms with Gasteiger partial charge in [0.1, 0.15) is 11.9 Å². The number of rotatable bonds is 6. The smallest absolute Gasteiger partial charge is 0.306 e. The molecule has 0 saturated carbocycles. The van der Waals surface area contributed by atoms with Gasteiger partial charge in [-0.1, -0.05) is 0 Å². The van der Waals surface area contributed by atoms with Crippen LogP contribution in [0.5, 0.6) is 0 Å². The van der Waals surface area contributed by atoms with Crippen molar-refractivity contribution in [2.75, 3.05) is 0 Å². The minimum Gasteiger partial charge on any atom is -0.481 e. The third-order valence-electron chi connectivity index (χ3n) is 1.75. The molecule has 0 spiro atoms. The second kappa shape index (κ2) is 9.25. The Kier molecular flexibility index (Phi) is 9.54. The van der Waals surface area contributed by atoms with Gasteiger partial charge in [0.05, 0.1) is 18.9 Å². The monoisotopic (exact) mass is 263 g/mol. The highest BCUT2D eigenvalue weighted by atomic mass is 16.4. The maximum absolute atomic E-state index is 10.3. The van der Waals surface area contributed by atoms with Crippen molar-refractivity contribution in [2.24, 2.45) is 5.73 Å². The Hall–Kier alpha value is -1.80. The standard InChI is InChI=1S/C5H9NO3.C5H8O4/c1-3(7)4(6)2-5(8)9;1-3(6)4(7)2-5(8)9/h4H,2,6H2,1H3,(H,8,9);4,7H,2H2,1H3,(H,8,9). The lowest BCUT2D eigenvalue weighted by Gasteiger charge is -2.00. The number of Topliss-reactive ketones (excluding diaryl/α,β-unsaturated/α-hetero) is 2. The predicted octanol–water partition coefficient (Wildman–Crippen LogP) is -1.21. The fourth-order valence-electron chi connectivity index (χ4n) is 0.641. The van der Waals surface area contributed by atoms with Gasteiger partial charge < -0.3 is 21.1 Å². The van der Waals surface area contributed by atoms with Crippen molar-refractivity contribution in [3.05, 3.63) is 0 Å². The lowest BCUT2D eigenvalue weighted by atomic mass is 10.1. The molecule has 0 heterocycles. The molecule has 8 heteroatoms. The molecule has 5 N–H and O–H groups in total. The highest BCUT2D eigenvalue weighted by Crippen LogP contribution is 1.91. The molecule has 0 aromatic carbocycles. The van der Waals surface area contributed by atoms with Crippen LogP contribution in [-0.4, -0.2) is 51.0 Å². The minimum absolute atomic E-state index is 0.282. The van der Waals surface area contributed by atoms with Crippen LogP contribution in [0.1, 0.15) is 26.7 Å². The summed E-state index contributed by atoms with van der Waals surface area (Å²) in [6.07, 6.45) is -2.13. The summed E-state index contributed by atoms with van der Waals surface area (Å²) in [4.78, 5) is 40.1. The highest BCUT2D eigenvalue weighted by Gasteiger charge is 2.13. The Morgan fingerprint density at radius 3 is 1.44 bits per heavy atom. The summed E-state index contributed by atoms with van der Waals surface area (Å²) in [6, 6.07) is -0.845. The van der Waals surface area contributed by atoms with Gasteiger partial charge in [-0.3, -0.25) is 19.2 Å². The van der Waals surface area contributed by atoms with Crippen LogP contribution in [0.2, 0.25) is 0 Å². The Balaban J connectivity index is 0. The number of carboxylic acids is 2. The molecule has 0 aliphatic carbocycles. The van der Waals surface area contributed by atoms with Gasteiger partial charge in [0, 0.05) is 0 Å². The van der Waals surface area contributed by atoms with Crippen LogP contribution in [0.3, 0.4) is 0 Å². The predicted molar refractivity (Wildman–Crippen MR) is 59.8 cm³/mol. The third kappa shape index (κ3) is 12.3. The Bertz CT molecular complexity index is 294. The molecule has 0 rings (SSSR count). The number of hydrogen-bond donors (Lipinski definition) is 4. The van der Waals surface area contributed by atoms with Crippen LogP contribution in [0, 0.1) is 0 Å². The second-order valence-corrected chi connectivity index (χ2v) is 3.54. The Morgan fingerprint density at radius 1 is 0.944 bits per heavy atom. The molecule has 0 fully saturated rings. The van der Waals surface area contributed by atoms with Crippen molar-refractivity contribution in [3.63, 3.8) is 0 Å². The van der Waals surface area contributed by atoms with Gasteiger partial charge in [0.25, 0.3) is 0 Å². The first kappa shape index (κ1) is 18.6. The molecule has 2 atom stereocenters. The molecule has 0 aliphatic heterocycles. The van der Waals surface area contributed by atoms with Gasteiger partial charge in [-0.25, -0.2) is 0 Å². The van der Waals surface area contributed by atoms with Crippen LogP contribution < -0.4 is 5.73 Å². The fourth-order valence-corrected chi connectivity index (χ4v) is 0.641. The molecule has 0 saturated heterocycles. The molecule has 104 valence electrons. The van der Waals surface area contributed by atoms with Crippen LogP contribution in [0.4, 0.5) is 0 Å². The minimum atomic E-state index is -1.34. The van der Waals surface area contributed by atoms with E-state index in [1.165, 1.54) is 6.92 Å². The zero-order valence-electron chi connectivity index (χ0n) is 10.1. The number of ketones is 2. The summed E-state index contributed by atoms with van der Waals surface area (Å²) in [5.74, 6) is -3.02. The summed E-state index contributed by atoms with van der Waals surface area (Å²) in [5, 5.41) is 24.7. The maximum atomic E-state index is 10.3. The number of nitrogens with two attached hydrogens (primary N) is 1. The van der Waals surface area contributed by atoms with Crippen molar-refractivity contribution in [1.29, 1.82) is 0 Å². The van der Waals surface area contributed by atoms with E-state index in [0.717, 1.165) is 6.92 Å². The number of carbonyl (C=O) groups is 4. The summed E-state index contributed by atoms with van der Waals surface area (Å²) >= 11 is 0. The number of carbonyl (C=O) groups excluding carboxylic acids is 2. The molecule has 18 heavy (non-hydrogen) atoms. The largest absolute Gasteiger partial charge is 0.481 e. The second-order valence-electron chi connectivity index (χ2n) is 3.54. The molecule has 0 aromatic rings. The average molecular weight is 263 g/mol. The summed E-state index contributed by atoms with van der Waals surface area (Å²) in [7, 11) is 0. The topological polar surface area (TPSA) is 155 Å². The molecule has 0 amide bonds. The van der Waals surface area contributed by atoms with Gasteiger partial charge in [-0.05, 0) is 13.8 Å². The van der Waals surface area contributed by atoms with Gasteiger partial charge in [-0.2, -0.15) is 0 Å². The van der Waals surface area contributed by atoms with E-state index in [9.17, 15) is 19.2 Å². The molecular formula is C10H17NO7. The lowest BCUT2D eigenvalue weighted by molar-refractivity contribution is -0.142. The van der Waals surface area contributed by atoms with E-state index in [-0.39, 0.29) is 12.2 Å². The zero-order valence-corrected chi connectivity index (χ0v) is 10.1. The van der Waals surface area contributed by atoms with Crippen molar-refractivity contribution in [3.8, 4) is 0 Å². The van der Waals surface area contributed by atoms with Crippen molar-refractivity contribution in [2.45, 2.75) is 38.8 Å². The number of aliphatic hydroxyl groups is 1. The van der Waals surface area contributed by atoms with Crippen LogP contribution >= 0.6 is 0 Å². The molecule has 0 aliphatic rings. The average Bonchev–Trinajstić information content (AvgIpc) is 2.16. The quantitative estimate of drug-likeness (QED) is 0.465. The summed E-state index contributed by atoms with van der Waals surface area (Å²) < 4.78 is 0. The zero-order chi connectivity index (χ0) is 14.9. The fraction of sp³-hybridized carbons (Fsp3) is 0.600. The van der Waals surface area contributed by atoms with Gasteiger partial charge in [-0.15, -0.1) is 0 Å². The normalized spacial score (nSPS) is 12.7. The Labute approximate surface area is 103 Å². The van der Waals surface area contributed by atoms with Crippen molar-refractivity contribution < 1.29 is 34.5 Å². The third-order valence-corrected chi connectivity index (χ3v) is 1.75. The van der Waals surface area contributed by atoms with E-state index in [1.807, 2.05) is 0 Å². The van der Waals surface area contributed by atoms with E-state index in [1.54, 1.807) is 0 Å². The maximum Gasteiger partial charge on any atom is 0.306 e. The highest BCUT2D eigenvalue weighted by molar-refractivity contribution is 5.85. The Morgan fingerprint density at radius 2 is 1.33 bits per heavy atom. The van der Waals surface area contributed by atoms with E-state index < -0.39 is 36.3 Å². The first-order valence-electron chi connectivity index (χ1n) is 4.96. The number of hydrogen-bond acceptors (Lipinski definition) is 6. The molecular weight excluding hydrogens is 246 g/mol. The molecule has 8 nitrogen and oxygen atoms in total. The van der Waals surface area contributed by atoms with Crippen molar-refractivity contribution in [1.82, 2.24) is 0 Å². The van der Waals surface area contributed by atoms with E-state index >= 15 is 0 Å². The molecule has 2 unspecified atom stereocenters. The number of aliphatic hydroxyl groups excluding tert-OH is 1. The van der Waals surface area contributed by atoms with Gasteiger partial charge >= 0.3 is 11.9 Å². The molecule has 0 radical (unpaired) electrons. The first-order chi connectivity index (χ1) is 8.07. The van der Waals surface area contributed by atoms with E-state index in [2.05, 4.69) is 0 Å². The summed E-state index contributed by atoms with van der Waals surface area (Å²) in [5.41, 5.74) is 5.09.